The fraction of sp³-hybridized carbons (Fsp3) is 0.941. The van der Waals surface area contributed by atoms with Gasteiger partial charge in [-0.3, -0.25) is 4.79 Å². The van der Waals surface area contributed by atoms with Crippen LogP contribution in [0, 0.1) is 0 Å². The summed E-state index contributed by atoms with van der Waals surface area (Å²) in [5.74, 6) is 0.181. The minimum atomic E-state index is 0.181. The third kappa shape index (κ3) is 20.0. The van der Waals surface area contributed by atoms with Crippen molar-refractivity contribution in [1.82, 2.24) is 5.32 Å². The van der Waals surface area contributed by atoms with E-state index >= 15 is 0 Å². The fourth-order valence-corrected chi connectivity index (χ4v) is 2.07. The van der Waals surface area contributed by atoms with E-state index < -0.39 is 0 Å². The minimum Gasteiger partial charge on any atom is -0.359 e. The Balaban J connectivity index is 0. The Kier molecular flexibility index (Phi) is 21.7. The number of hydrogen-bond acceptors (Lipinski definition) is 1. The second kappa shape index (κ2) is 19.8. The van der Waals surface area contributed by atoms with Crippen LogP contribution >= 0.6 is 0 Å². The van der Waals surface area contributed by atoms with Gasteiger partial charge in [-0.25, -0.2) is 0 Å². The van der Waals surface area contributed by atoms with Crippen molar-refractivity contribution in [2.24, 2.45) is 0 Å². The van der Waals surface area contributed by atoms with Crippen molar-refractivity contribution in [2.45, 2.75) is 97.8 Å². The topological polar surface area (TPSA) is 29.1 Å². The van der Waals surface area contributed by atoms with E-state index in [0.29, 0.717) is 6.42 Å². The first-order valence-electron chi connectivity index (χ1n) is 8.51. The van der Waals surface area contributed by atoms with Gasteiger partial charge in [0.05, 0.1) is 0 Å². The lowest BCUT2D eigenvalue weighted by molar-refractivity contribution is -0.120. The van der Waals surface area contributed by atoms with Gasteiger partial charge in [0.1, 0.15) is 0 Å². The van der Waals surface area contributed by atoms with Gasteiger partial charge in [-0.05, 0) is 6.42 Å². The number of nitrogens with one attached hydrogen (secondary N) is 1. The monoisotopic (exact) mass is 271 g/mol. The molecule has 0 aliphatic rings. The quantitative estimate of drug-likeness (QED) is 0.469. The van der Waals surface area contributed by atoms with Gasteiger partial charge in [0, 0.05) is 13.5 Å². The van der Waals surface area contributed by atoms with Crippen molar-refractivity contribution in [2.75, 3.05) is 7.05 Å². The van der Waals surface area contributed by atoms with E-state index in [9.17, 15) is 4.79 Å². The highest BCUT2D eigenvalue weighted by molar-refractivity contribution is 5.75. The third-order valence-electron chi connectivity index (χ3n) is 3.29. The molecule has 2 heteroatoms. The van der Waals surface area contributed by atoms with Gasteiger partial charge < -0.3 is 5.32 Å². The van der Waals surface area contributed by atoms with Crippen LogP contribution in [0.3, 0.4) is 0 Å². The van der Waals surface area contributed by atoms with Crippen LogP contribution in [-0.4, -0.2) is 13.0 Å². The van der Waals surface area contributed by atoms with Crippen LogP contribution < -0.4 is 5.32 Å². The van der Waals surface area contributed by atoms with Crippen molar-refractivity contribution >= 4 is 5.91 Å². The first kappa shape index (κ1) is 20.8. The zero-order valence-corrected chi connectivity index (χ0v) is 13.9. The lowest BCUT2D eigenvalue weighted by Crippen LogP contribution is -2.16. The molecule has 0 fully saturated rings. The number of hydrogen-bond donors (Lipinski definition) is 1. The van der Waals surface area contributed by atoms with Crippen LogP contribution in [-0.2, 0) is 4.79 Å². The van der Waals surface area contributed by atoms with Crippen LogP contribution in [0.4, 0.5) is 0 Å². The molecule has 0 heterocycles. The Morgan fingerprint density at radius 3 is 1.47 bits per heavy atom. The molecule has 0 aromatic heterocycles. The van der Waals surface area contributed by atoms with Gasteiger partial charge in [-0.15, -0.1) is 0 Å². The zero-order valence-electron chi connectivity index (χ0n) is 13.9. The summed E-state index contributed by atoms with van der Waals surface area (Å²) in [6, 6.07) is 0. The molecule has 0 saturated carbocycles. The molecule has 116 valence electrons. The van der Waals surface area contributed by atoms with E-state index in [1.165, 1.54) is 64.2 Å². The molecule has 0 rings (SSSR count). The number of unbranched alkanes of at least 4 members (excludes halogenated alkanes) is 10. The molecule has 1 amide bonds. The second-order valence-electron chi connectivity index (χ2n) is 4.96. The van der Waals surface area contributed by atoms with Gasteiger partial charge >= 0.3 is 0 Å². The highest BCUT2D eigenvalue weighted by Crippen LogP contribution is 2.11. The lowest BCUT2D eigenvalue weighted by atomic mass is 10.1. The first-order valence-corrected chi connectivity index (χ1v) is 8.51. The summed E-state index contributed by atoms with van der Waals surface area (Å²) >= 11 is 0. The summed E-state index contributed by atoms with van der Waals surface area (Å²) in [7, 11) is 1.71. The van der Waals surface area contributed by atoms with Crippen molar-refractivity contribution in [3.63, 3.8) is 0 Å². The highest BCUT2D eigenvalue weighted by Gasteiger charge is 1.97. The molecule has 0 saturated heterocycles. The Hall–Kier alpha value is -0.530. The number of amides is 1. The van der Waals surface area contributed by atoms with Crippen molar-refractivity contribution in [3.05, 3.63) is 0 Å². The standard InChI is InChI=1S/C15H31NO.C2H6/c1-3-4-5-6-7-8-9-10-11-12-13-14-15(17)16-2;1-2/h3-14H2,1-2H3,(H,16,17);1-2H3. The molecule has 0 aliphatic carbocycles. The van der Waals surface area contributed by atoms with Crippen LogP contribution in [0.15, 0.2) is 0 Å². The summed E-state index contributed by atoms with van der Waals surface area (Å²) in [6.45, 7) is 6.26. The van der Waals surface area contributed by atoms with Gasteiger partial charge in [0.2, 0.25) is 5.91 Å². The Morgan fingerprint density at radius 1 is 0.737 bits per heavy atom. The van der Waals surface area contributed by atoms with E-state index in [2.05, 4.69) is 12.2 Å². The van der Waals surface area contributed by atoms with E-state index in [1.807, 2.05) is 13.8 Å². The zero-order chi connectivity index (χ0) is 14.8. The number of carbonyl (C=O) groups is 1. The molecular formula is C17H37NO. The molecule has 2 nitrogen and oxygen atoms in total. The molecule has 0 unspecified atom stereocenters. The highest BCUT2D eigenvalue weighted by atomic mass is 16.1. The van der Waals surface area contributed by atoms with Crippen molar-refractivity contribution in [1.29, 1.82) is 0 Å². The van der Waals surface area contributed by atoms with E-state index in [-0.39, 0.29) is 5.91 Å². The summed E-state index contributed by atoms with van der Waals surface area (Å²) in [5, 5.41) is 2.66. The van der Waals surface area contributed by atoms with Crippen molar-refractivity contribution in [3.8, 4) is 0 Å². The van der Waals surface area contributed by atoms with Gasteiger partial charge in [0.15, 0.2) is 0 Å². The molecular weight excluding hydrogens is 234 g/mol. The van der Waals surface area contributed by atoms with Crippen molar-refractivity contribution < 1.29 is 4.79 Å². The molecule has 0 spiro atoms. The van der Waals surface area contributed by atoms with Crippen LogP contribution in [0.5, 0.6) is 0 Å². The maximum Gasteiger partial charge on any atom is 0.219 e. The molecule has 1 N–H and O–H groups in total. The normalized spacial score (nSPS) is 9.68. The second-order valence-corrected chi connectivity index (χ2v) is 4.96. The van der Waals surface area contributed by atoms with Gasteiger partial charge in [-0.1, -0.05) is 85.0 Å². The van der Waals surface area contributed by atoms with Crippen LogP contribution in [0.25, 0.3) is 0 Å². The van der Waals surface area contributed by atoms with Crippen LogP contribution in [0.2, 0.25) is 0 Å². The van der Waals surface area contributed by atoms with Gasteiger partial charge in [0.25, 0.3) is 0 Å². The molecule has 0 aromatic carbocycles. The minimum absolute atomic E-state index is 0.181. The first-order chi connectivity index (χ1) is 9.31. The maximum atomic E-state index is 11.0. The van der Waals surface area contributed by atoms with Crippen LogP contribution in [0.1, 0.15) is 97.8 Å². The molecule has 0 atom stereocenters. The predicted molar refractivity (Wildman–Crippen MR) is 86.5 cm³/mol. The molecule has 0 aliphatic heterocycles. The maximum absolute atomic E-state index is 11.0. The fourth-order valence-electron chi connectivity index (χ4n) is 2.07. The molecule has 0 radical (unpaired) electrons. The molecule has 0 bridgehead atoms. The van der Waals surface area contributed by atoms with E-state index in [1.54, 1.807) is 7.05 Å². The lowest BCUT2D eigenvalue weighted by Gasteiger charge is -2.02. The largest absolute Gasteiger partial charge is 0.359 e. The summed E-state index contributed by atoms with van der Waals surface area (Å²) in [6.07, 6.45) is 15.4. The Morgan fingerprint density at radius 2 is 1.11 bits per heavy atom. The Labute approximate surface area is 121 Å². The number of rotatable bonds is 12. The van der Waals surface area contributed by atoms with Gasteiger partial charge in [-0.2, -0.15) is 0 Å². The molecule has 19 heavy (non-hydrogen) atoms. The summed E-state index contributed by atoms with van der Waals surface area (Å²) < 4.78 is 0. The molecule has 0 aromatic rings. The van der Waals surface area contributed by atoms with E-state index in [4.69, 9.17) is 0 Å². The average Bonchev–Trinajstić information content (AvgIpc) is 2.46. The SMILES string of the molecule is CC.CCCCCCCCCCCCCC(=O)NC. The summed E-state index contributed by atoms with van der Waals surface area (Å²) in [4.78, 5) is 11.0. The third-order valence-corrected chi connectivity index (χ3v) is 3.29. The smallest absolute Gasteiger partial charge is 0.219 e. The Bertz CT molecular complexity index is 169. The van der Waals surface area contributed by atoms with E-state index in [0.717, 1.165) is 6.42 Å². The summed E-state index contributed by atoms with van der Waals surface area (Å²) in [5.41, 5.74) is 0. The predicted octanol–water partition coefficient (Wildman–Crippen LogP) is 5.46. The number of carbonyl (C=O) groups excluding carboxylic acids is 1. The average molecular weight is 271 g/mol.